The number of nitrogen functional groups attached to an aromatic ring is 1. The third kappa shape index (κ3) is 4.37. The van der Waals surface area contributed by atoms with Crippen molar-refractivity contribution in [2.45, 2.75) is 43.7 Å². The zero-order valence-corrected chi connectivity index (χ0v) is 26.4. The summed E-state index contributed by atoms with van der Waals surface area (Å²) in [6, 6.07) is 4.50. The molecule has 0 aliphatic carbocycles. The van der Waals surface area contributed by atoms with Gasteiger partial charge in [0.2, 0.25) is 6.41 Å². The molecule has 1 unspecified atom stereocenters. The smallest absolute Gasteiger partial charge is 0.319 e. The van der Waals surface area contributed by atoms with Gasteiger partial charge in [-0.1, -0.05) is 17.7 Å². The molecule has 8 rings (SSSR count). The van der Waals surface area contributed by atoms with Crippen LogP contribution >= 0.6 is 22.9 Å². The number of fused-ring (bicyclic) bond motifs is 4. The lowest BCUT2D eigenvalue weighted by molar-refractivity contribution is -0.117. The van der Waals surface area contributed by atoms with Gasteiger partial charge < -0.3 is 25.0 Å². The number of ether oxygens (including phenoxy) is 2. The summed E-state index contributed by atoms with van der Waals surface area (Å²) in [5.74, 6) is -0.725. The van der Waals surface area contributed by atoms with Crippen LogP contribution in [-0.2, 0) is 4.79 Å². The predicted octanol–water partition coefficient (Wildman–Crippen LogP) is 5.33. The van der Waals surface area contributed by atoms with Crippen molar-refractivity contribution >= 4 is 61.2 Å². The van der Waals surface area contributed by atoms with Gasteiger partial charge in [-0.3, -0.25) is 9.69 Å². The van der Waals surface area contributed by atoms with E-state index in [2.05, 4.69) is 9.88 Å². The Morgan fingerprint density at radius 3 is 2.74 bits per heavy atom. The molecule has 46 heavy (non-hydrogen) atoms. The fourth-order valence-corrected chi connectivity index (χ4v) is 9.07. The molecular weight excluding hydrogens is 636 g/mol. The van der Waals surface area contributed by atoms with E-state index in [0.29, 0.717) is 43.9 Å². The van der Waals surface area contributed by atoms with E-state index in [1.807, 2.05) is 11.0 Å². The Labute approximate surface area is 272 Å². The molecule has 4 aromatic rings. The lowest BCUT2D eigenvalue weighted by Gasteiger charge is -2.32. The van der Waals surface area contributed by atoms with Crippen LogP contribution in [0.2, 0.25) is 5.02 Å². The van der Waals surface area contributed by atoms with Gasteiger partial charge in [-0.15, -0.1) is 11.3 Å². The molecule has 4 aliphatic heterocycles. The largest absolute Gasteiger partial charge is 0.489 e. The highest BCUT2D eigenvalue weighted by atomic mass is 35.5. The van der Waals surface area contributed by atoms with Crippen LogP contribution < -0.4 is 20.1 Å². The summed E-state index contributed by atoms with van der Waals surface area (Å²) in [4.78, 5) is 27.4. The fourth-order valence-electron chi connectivity index (χ4n) is 7.79. The number of nitrogens with two attached hydrogens (primary N) is 1. The number of hydrogen-bond donors (Lipinski definition) is 1. The maximum atomic E-state index is 17.1. The van der Waals surface area contributed by atoms with Crippen LogP contribution in [0.3, 0.4) is 0 Å². The van der Waals surface area contributed by atoms with E-state index in [9.17, 15) is 14.4 Å². The Bertz CT molecular complexity index is 1960. The molecule has 6 heterocycles. The van der Waals surface area contributed by atoms with Crippen LogP contribution in [0.25, 0.3) is 32.1 Å². The highest BCUT2D eigenvalue weighted by molar-refractivity contribution is 7.23. The fraction of sp³-hybridized carbons (Fsp3) is 0.438. The maximum absolute atomic E-state index is 17.1. The van der Waals surface area contributed by atoms with Gasteiger partial charge in [0.15, 0.2) is 11.6 Å². The van der Waals surface area contributed by atoms with Crippen LogP contribution in [0, 0.1) is 23.0 Å². The van der Waals surface area contributed by atoms with E-state index in [4.69, 9.17) is 31.8 Å². The summed E-state index contributed by atoms with van der Waals surface area (Å²) in [6.07, 6.45) is 5.64. The molecule has 2 N–H and O–H groups in total. The molecule has 0 spiro atoms. The van der Waals surface area contributed by atoms with E-state index in [-0.39, 0.29) is 72.3 Å². The van der Waals surface area contributed by atoms with Gasteiger partial charge in [0, 0.05) is 30.6 Å². The first kappa shape index (κ1) is 29.4. The Morgan fingerprint density at radius 2 is 1.98 bits per heavy atom. The van der Waals surface area contributed by atoms with E-state index in [1.54, 1.807) is 4.90 Å². The van der Waals surface area contributed by atoms with Gasteiger partial charge in [-0.2, -0.15) is 15.2 Å². The van der Waals surface area contributed by atoms with Crippen molar-refractivity contribution < 1.29 is 23.0 Å². The van der Waals surface area contributed by atoms with Crippen LogP contribution in [0.5, 0.6) is 11.8 Å². The summed E-state index contributed by atoms with van der Waals surface area (Å²) in [7, 11) is 0. The monoisotopic (exact) mass is 665 g/mol. The van der Waals surface area contributed by atoms with Crippen LogP contribution in [0.1, 0.15) is 37.7 Å². The summed E-state index contributed by atoms with van der Waals surface area (Å²) >= 11 is 7.96. The minimum Gasteiger partial charge on any atom is -0.489 e. The molecule has 4 aliphatic rings. The number of thiophene rings is 1. The summed E-state index contributed by atoms with van der Waals surface area (Å²) in [6.45, 7) is 4.04. The van der Waals surface area contributed by atoms with Crippen molar-refractivity contribution in [3.8, 4) is 29.0 Å². The van der Waals surface area contributed by atoms with E-state index in [0.717, 1.165) is 56.5 Å². The molecule has 2 aromatic heterocycles. The SMILES string of the molecule is N#Cc1c(N)sc2c(F)ccc(-c3c(Cl)c4c5c(nc(OCC67CCCN6CCC7)nc5c3F)N3CCN(C=O)CCC3CO4)c12. The van der Waals surface area contributed by atoms with Gasteiger partial charge in [0.1, 0.15) is 41.4 Å². The van der Waals surface area contributed by atoms with Crippen LogP contribution in [0.15, 0.2) is 12.1 Å². The first-order valence-electron chi connectivity index (χ1n) is 15.4. The summed E-state index contributed by atoms with van der Waals surface area (Å²) in [5, 5.41) is 10.5. The number of halogens is 3. The van der Waals surface area contributed by atoms with Crippen LogP contribution in [0.4, 0.5) is 19.6 Å². The quantitative estimate of drug-likeness (QED) is 0.282. The number of anilines is 2. The second kappa shape index (κ2) is 11.1. The molecule has 1 amide bonds. The van der Waals surface area contributed by atoms with Gasteiger partial charge in [-0.25, -0.2) is 8.78 Å². The average molecular weight is 666 g/mol. The Morgan fingerprint density at radius 1 is 1.17 bits per heavy atom. The van der Waals surface area contributed by atoms with E-state index < -0.39 is 11.6 Å². The third-order valence-corrected chi connectivity index (χ3v) is 11.5. The molecule has 0 bridgehead atoms. The molecule has 3 fully saturated rings. The number of nitrogens with zero attached hydrogens (tertiary/aromatic N) is 6. The number of nitriles is 1. The van der Waals surface area contributed by atoms with Crippen molar-refractivity contribution in [3.63, 3.8) is 0 Å². The lowest BCUT2D eigenvalue weighted by atomic mass is 9.95. The van der Waals surface area contributed by atoms with E-state index in [1.165, 1.54) is 12.1 Å². The Balaban J connectivity index is 1.35. The van der Waals surface area contributed by atoms with Crippen LogP contribution in [-0.4, -0.2) is 83.7 Å². The highest BCUT2D eigenvalue weighted by Gasteiger charge is 2.45. The predicted molar refractivity (Wildman–Crippen MR) is 172 cm³/mol. The second-order valence-corrected chi connectivity index (χ2v) is 13.9. The van der Waals surface area contributed by atoms with E-state index >= 15 is 4.39 Å². The van der Waals surface area contributed by atoms with Gasteiger partial charge in [0.05, 0.1) is 32.3 Å². The number of carbonyl (C=O) groups excluding carboxylic acids is 1. The summed E-state index contributed by atoms with van der Waals surface area (Å²) in [5.41, 5.74) is 6.14. The average Bonchev–Trinajstić information content (AvgIpc) is 3.65. The number of carbonyl (C=O) groups is 1. The zero-order chi connectivity index (χ0) is 31.7. The van der Waals surface area contributed by atoms with Gasteiger partial charge in [-0.05, 0) is 56.8 Å². The molecule has 1 atom stereocenters. The molecule has 3 saturated heterocycles. The standard InChI is InChI=1S/C32H30ClF2N7O3S/c33-24-22(18-3-4-20(34)28-21(18)19(13-36)29(37)46-28)25(35)26-23-27(24)44-14-17-5-10-40(16-43)11-12-42(17)30(23)39-31(38-26)45-15-32-6-1-8-41(32)9-2-7-32/h3-4,16-17H,1-2,5-12,14-15,37H2. The topological polar surface area (TPSA) is 121 Å². The molecular formula is C32H30ClF2N7O3S. The molecule has 14 heteroatoms. The Hall–Kier alpha value is -3.99. The van der Waals surface area contributed by atoms with Crippen molar-refractivity contribution in [1.82, 2.24) is 19.8 Å². The highest BCUT2D eigenvalue weighted by Crippen LogP contribution is 2.51. The second-order valence-electron chi connectivity index (χ2n) is 12.4. The Kier molecular flexibility index (Phi) is 7.08. The normalized spacial score (nSPS) is 20.6. The molecule has 0 saturated carbocycles. The number of hydrogen-bond acceptors (Lipinski definition) is 10. The first-order valence-corrected chi connectivity index (χ1v) is 16.6. The van der Waals surface area contributed by atoms with Gasteiger partial charge >= 0.3 is 6.01 Å². The number of rotatable bonds is 5. The third-order valence-electron chi connectivity index (χ3n) is 10.1. The lowest BCUT2D eigenvalue weighted by Crippen LogP contribution is -2.43. The van der Waals surface area contributed by atoms with Crippen molar-refractivity contribution in [2.24, 2.45) is 0 Å². The molecule has 0 radical (unpaired) electrons. The van der Waals surface area contributed by atoms with Crippen molar-refractivity contribution in [3.05, 3.63) is 34.4 Å². The number of aromatic nitrogens is 2. The number of amides is 1. The maximum Gasteiger partial charge on any atom is 0.319 e. The minimum absolute atomic E-state index is 0.0348. The van der Waals surface area contributed by atoms with Crippen molar-refractivity contribution in [1.29, 1.82) is 5.26 Å². The molecule has 10 nitrogen and oxygen atoms in total. The zero-order valence-electron chi connectivity index (χ0n) is 24.8. The molecule has 2 aromatic carbocycles. The van der Waals surface area contributed by atoms with Crippen molar-refractivity contribution in [2.75, 3.05) is 56.6 Å². The minimum atomic E-state index is -0.772. The summed E-state index contributed by atoms with van der Waals surface area (Å²) < 4.78 is 44.9. The molecule has 238 valence electrons. The number of benzene rings is 2. The van der Waals surface area contributed by atoms with Gasteiger partial charge in [0.25, 0.3) is 0 Å². The first-order chi connectivity index (χ1) is 22.3.